The lowest BCUT2D eigenvalue weighted by atomic mass is 9.85. The smallest absolute Gasteiger partial charge is 0.126 e. The van der Waals surface area contributed by atoms with E-state index in [-0.39, 0.29) is 0 Å². The molecule has 4 heteroatoms. The molecule has 3 aromatic rings. The first-order valence-electron chi connectivity index (χ1n) is 9.38. The number of anilines is 1. The van der Waals surface area contributed by atoms with Gasteiger partial charge in [0, 0.05) is 48.0 Å². The molecule has 0 saturated carbocycles. The lowest BCUT2D eigenvalue weighted by molar-refractivity contribution is 0.113. The summed E-state index contributed by atoms with van der Waals surface area (Å²) < 4.78 is 0. The molecule has 2 aromatic heterocycles. The van der Waals surface area contributed by atoms with E-state index in [9.17, 15) is 0 Å². The van der Waals surface area contributed by atoms with Crippen molar-refractivity contribution >= 4 is 16.7 Å². The summed E-state index contributed by atoms with van der Waals surface area (Å²) in [6.07, 6.45) is 7.92. The van der Waals surface area contributed by atoms with Gasteiger partial charge in [0.05, 0.1) is 0 Å². The minimum absolute atomic E-state index is 0.572. The molecule has 2 fully saturated rings. The molecule has 2 bridgehead atoms. The van der Waals surface area contributed by atoms with E-state index in [0.29, 0.717) is 6.04 Å². The van der Waals surface area contributed by atoms with Crippen LogP contribution in [0.15, 0.2) is 48.8 Å². The third-order valence-corrected chi connectivity index (χ3v) is 5.87. The van der Waals surface area contributed by atoms with Gasteiger partial charge in [-0.2, -0.15) is 0 Å². The Bertz CT molecular complexity index is 867. The van der Waals surface area contributed by atoms with Crippen LogP contribution in [-0.4, -0.2) is 40.5 Å². The molecule has 4 heterocycles. The Labute approximate surface area is 148 Å². The topological polar surface area (TPSA) is 44.0 Å². The van der Waals surface area contributed by atoms with Gasteiger partial charge in [0.25, 0.3) is 0 Å². The van der Waals surface area contributed by atoms with E-state index >= 15 is 0 Å². The monoisotopic (exact) mass is 332 g/mol. The second kappa shape index (κ2) is 6.19. The second-order valence-electron chi connectivity index (χ2n) is 7.42. The molecule has 0 spiro atoms. The van der Waals surface area contributed by atoms with Gasteiger partial charge in [0.15, 0.2) is 0 Å². The van der Waals surface area contributed by atoms with Gasteiger partial charge in [-0.25, -0.2) is 4.98 Å². The predicted octanol–water partition coefficient (Wildman–Crippen LogP) is 4.13. The van der Waals surface area contributed by atoms with E-state index in [1.165, 1.54) is 60.9 Å². The van der Waals surface area contributed by atoms with Gasteiger partial charge >= 0.3 is 0 Å². The maximum absolute atomic E-state index is 4.71. The summed E-state index contributed by atoms with van der Waals surface area (Å²) in [4.78, 5) is 10.6. The molecular weight excluding hydrogens is 308 g/mol. The van der Waals surface area contributed by atoms with Gasteiger partial charge < -0.3 is 15.2 Å². The van der Waals surface area contributed by atoms with E-state index in [0.717, 1.165) is 11.7 Å². The van der Waals surface area contributed by atoms with Crippen molar-refractivity contribution in [2.75, 3.05) is 25.0 Å². The highest BCUT2D eigenvalue weighted by Crippen LogP contribution is 2.30. The molecule has 3 atom stereocenters. The minimum atomic E-state index is 0.572. The fraction of sp³-hybridized carbons (Fsp3) is 0.381. The van der Waals surface area contributed by atoms with E-state index < -0.39 is 0 Å². The normalized spacial score (nSPS) is 25.8. The van der Waals surface area contributed by atoms with Crippen molar-refractivity contribution in [2.45, 2.75) is 25.3 Å². The number of hydrogen-bond donors (Lipinski definition) is 2. The highest BCUT2D eigenvalue weighted by molar-refractivity contribution is 5.94. The second-order valence-corrected chi connectivity index (χ2v) is 7.42. The molecule has 2 N–H and O–H groups in total. The third-order valence-electron chi connectivity index (χ3n) is 5.87. The van der Waals surface area contributed by atoms with Gasteiger partial charge in [-0.05, 0) is 61.6 Å². The molecule has 25 heavy (non-hydrogen) atoms. The van der Waals surface area contributed by atoms with Crippen molar-refractivity contribution < 1.29 is 0 Å². The number of rotatable bonds is 3. The van der Waals surface area contributed by atoms with Crippen LogP contribution in [0.5, 0.6) is 0 Å². The number of fused-ring (bicyclic) bond motifs is 3. The van der Waals surface area contributed by atoms with Crippen LogP contribution < -0.4 is 5.32 Å². The van der Waals surface area contributed by atoms with Crippen LogP contribution in [-0.2, 0) is 0 Å². The molecule has 1 aromatic carbocycles. The molecule has 128 valence electrons. The predicted molar refractivity (Wildman–Crippen MR) is 103 cm³/mol. The maximum Gasteiger partial charge on any atom is 0.126 e. The molecule has 0 aliphatic carbocycles. The number of benzene rings is 1. The summed E-state index contributed by atoms with van der Waals surface area (Å²) >= 11 is 0. The van der Waals surface area contributed by atoms with Gasteiger partial charge in [-0.3, -0.25) is 0 Å². The number of piperidine rings is 2. The van der Waals surface area contributed by atoms with Crippen molar-refractivity contribution in [2.24, 2.45) is 5.92 Å². The Morgan fingerprint density at radius 3 is 3.00 bits per heavy atom. The lowest BCUT2D eigenvalue weighted by Crippen LogP contribution is -2.49. The van der Waals surface area contributed by atoms with Crippen LogP contribution in [0.25, 0.3) is 22.0 Å². The highest BCUT2D eigenvalue weighted by atomic mass is 15.2. The van der Waals surface area contributed by atoms with E-state index in [2.05, 4.69) is 51.6 Å². The van der Waals surface area contributed by atoms with Crippen molar-refractivity contribution in [1.29, 1.82) is 0 Å². The van der Waals surface area contributed by atoms with Crippen LogP contribution >= 0.6 is 0 Å². The fourth-order valence-corrected chi connectivity index (χ4v) is 4.54. The zero-order valence-corrected chi connectivity index (χ0v) is 14.4. The fourth-order valence-electron chi connectivity index (χ4n) is 4.54. The van der Waals surface area contributed by atoms with E-state index in [1.54, 1.807) is 0 Å². The first-order valence-corrected chi connectivity index (χ1v) is 9.38. The summed E-state index contributed by atoms with van der Waals surface area (Å²) in [7, 11) is 0. The van der Waals surface area contributed by atoms with Crippen LogP contribution in [0.1, 0.15) is 19.3 Å². The molecule has 2 saturated heterocycles. The highest BCUT2D eigenvalue weighted by Gasteiger charge is 2.31. The van der Waals surface area contributed by atoms with Crippen molar-refractivity contribution in [3.63, 3.8) is 0 Å². The minimum Gasteiger partial charge on any atom is -0.367 e. The van der Waals surface area contributed by atoms with Gasteiger partial charge in [0.1, 0.15) is 5.82 Å². The van der Waals surface area contributed by atoms with Gasteiger partial charge in [-0.1, -0.05) is 12.1 Å². The maximum atomic E-state index is 4.71. The first-order chi connectivity index (χ1) is 12.4. The number of aromatic amines is 1. The Balaban J connectivity index is 1.36. The number of nitrogens with zero attached hydrogens (tertiary/aromatic N) is 2. The molecule has 0 amide bonds. The molecule has 4 nitrogen and oxygen atoms in total. The molecule has 2 aliphatic rings. The lowest BCUT2D eigenvalue weighted by Gasteiger charge is -2.43. The SMILES string of the molecule is c1cc(-c2ccc(NC3CCN4CCCC3C4)nc2)c2cc[nH]c2c1. The molecule has 5 rings (SSSR count). The summed E-state index contributed by atoms with van der Waals surface area (Å²) in [5.74, 6) is 1.78. The summed E-state index contributed by atoms with van der Waals surface area (Å²) in [5, 5.41) is 4.95. The molecular formula is C21H24N4. The summed E-state index contributed by atoms with van der Waals surface area (Å²) in [6, 6.07) is 13.4. The summed E-state index contributed by atoms with van der Waals surface area (Å²) in [5.41, 5.74) is 3.57. The van der Waals surface area contributed by atoms with Crippen LogP contribution in [0.4, 0.5) is 5.82 Å². The number of H-pyrrole nitrogens is 1. The van der Waals surface area contributed by atoms with Crippen LogP contribution in [0.2, 0.25) is 0 Å². The van der Waals surface area contributed by atoms with Crippen molar-refractivity contribution in [3.05, 3.63) is 48.8 Å². The van der Waals surface area contributed by atoms with E-state index in [4.69, 9.17) is 4.98 Å². The Kier molecular flexibility index (Phi) is 3.71. The molecule has 0 radical (unpaired) electrons. The Hall–Kier alpha value is -2.33. The quantitative estimate of drug-likeness (QED) is 0.758. The zero-order chi connectivity index (χ0) is 16.6. The largest absolute Gasteiger partial charge is 0.367 e. The van der Waals surface area contributed by atoms with Crippen molar-refractivity contribution in [1.82, 2.24) is 14.9 Å². The van der Waals surface area contributed by atoms with Crippen LogP contribution in [0.3, 0.4) is 0 Å². The van der Waals surface area contributed by atoms with Gasteiger partial charge in [0.2, 0.25) is 0 Å². The molecule has 3 unspecified atom stereocenters. The van der Waals surface area contributed by atoms with Gasteiger partial charge in [-0.15, -0.1) is 0 Å². The Morgan fingerprint density at radius 1 is 1.08 bits per heavy atom. The Morgan fingerprint density at radius 2 is 2.08 bits per heavy atom. The number of hydrogen-bond acceptors (Lipinski definition) is 3. The average molecular weight is 332 g/mol. The standard InChI is InChI=1S/C21H24N4/c1-4-17(18-8-10-22-20(18)5-1)15-6-7-21(23-13-15)24-19-9-12-25-11-2-3-16(19)14-25/h1,4-8,10,13,16,19,22H,2-3,9,11-12,14H2,(H,23,24). The first kappa shape index (κ1) is 15.0. The number of pyridine rings is 1. The number of aromatic nitrogens is 2. The summed E-state index contributed by atoms with van der Waals surface area (Å²) in [6.45, 7) is 3.77. The number of nitrogens with one attached hydrogen (secondary N) is 2. The molecule has 2 aliphatic heterocycles. The average Bonchev–Trinajstić information content (AvgIpc) is 3.14. The van der Waals surface area contributed by atoms with E-state index in [1.807, 2.05) is 12.4 Å². The van der Waals surface area contributed by atoms with Crippen LogP contribution in [0, 0.1) is 5.92 Å². The third kappa shape index (κ3) is 2.81. The van der Waals surface area contributed by atoms with Crippen molar-refractivity contribution in [3.8, 4) is 11.1 Å². The zero-order valence-electron chi connectivity index (χ0n) is 14.4.